The summed E-state index contributed by atoms with van der Waals surface area (Å²) >= 11 is 0. The minimum atomic E-state index is -2.27. The molecule has 4 rings (SSSR count). The number of aliphatic hydroxyl groups excluding tert-OH is 1. The highest BCUT2D eigenvalue weighted by molar-refractivity contribution is 5.85. The summed E-state index contributed by atoms with van der Waals surface area (Å²) in [6, 6.07) is 9.50. The molecule has 0 aliphatic carbocycles. The van der Waals surface area contributed by atoms with Gasteiger partial charge in [-0.25, -0.2) is 9.78 Å². The van der Waals surface area contributed by atoms with E-state index in [4.69, 9.17) is 4.98 Å². The topological polar surface area (TPSA) is 113 Å². The van der Waals surface area contributed by atoms with Gasteiger partial charge in [0.25, 0.3) is 5.56 Å². The molecule has 0 bridgehead atoms. The van der Waals surface area contributed by atoms with Crippen LogP contribution in [0.15, 0.2) is 47.3 Å². The highest BCUT2D eigenvalue weighted by Gasteiger charge is 2.40. The van der Waals surface area contributed by atoms with Crippen molar-refractivity contribution in [3.8, 4) is 11.4 Å². The van der Waals surface area contributed by atoms with Crippen LogP contribution in [-0.4, -0.2) is 30.8 Å². The molecule has 1 atom stereocenters. The van der Waals surface area contributed by atoms with Gasteiger partial charge in [0.2, 0.25) is 0 Å². The zero-order valence-electron chi connectivity index (χ0n) is 17.4. The molecule has 0 amide bonds. The maximum Gasteiger partial charge on any atom is 0.340 e. The first kappa shape index (κ1) is 21.0. The molecular formula is C24H24N2O5. The summed E-state index contributed by atoms with van der Waals surface area (Å²) in [5.41, 5.74) is 0.768. The maximum atomic E-state index is 13.1. The highest BCUT2D eigenvalue weighted by Crippen LogP contribution is 2.36. The van der Waals surface area contributed by atoms with Crippen molar-refractivity contribution in [1.82, 2.24) is 9.55 Å². The Morgan fingerprint density at radius 2 is 2.06 bits per heavy atom. The van der Waals surface area contributed by atoms with Gasteiger partial charge in [-0.15, -0.1) is 0 Å². The van der Waals surface area contributed by atoms with Gasteiger partial charge >= 0.3 is 5.97 Å². The van der Waals surface area contributed by atoms with E-state index in [9.17, 15) is 24.9 Å². The number of allylic oxidation sites excluding steroid dienone is 2. The van der Waals surface area contributed by atoms with E-state index in [-0.39, 0.29) is 24.1 Å². The van der Waals surface area contributed by atoms with Crippen molar-refractivity contribution >= 4 is 16.9 Å². The second-order valence-corrected chi connectivity index (χ2v) is 7.79. The van der Waals surface area contributed by atoms with Crippen LogP contribution in [0.1, 0.15) is 42.5 Å². The number of aliphatic hydroxyl groups is 2. The Labute approximate surface area is 178 Å². The molecular weight excluding hydrogens is 396 g/mol. The first-order valence-corrected chi connectivity index (χ1v) is 10.2. The molecule has 1 aliphatic rings. The third-order valence-corrected chi connectivity index (χ3v) is 5.99. The Morgan fingerprint density at radius 1 is 1.29 bits per heavy atom. The van der Waals surface area contributed by atoms with Crippen LogP contribution in [0.3, 0.4) is 0 Å². The minimum Gasteiger partial charge on any atom is -0.479 e. The number of aliphatic carboxylic acids is 1. The lowest BCUT2D eigenvalue weighted by atomic mass is 9.87. The SMILES string of the molecule is C/C=C\Cc1ccc2cc3c(nc2c1)-c1cc([C@@](O)(CC)C(=O)O)c(CO)c(=O)n1C3. The molecule has 0 radical (unpaired) electrons. The van der Waals surface area contributed by atoms with E-state index in [1.54, 1.807) is 0 Å². The molecule has 7 heteroatoms. The zero-order valence-corrected chi connectivity index (χ0v) is 17.4. The quantitative estimate of drug-likeness (QED) is 0.414. The monoisotopic (exact) mass is 420 g/mol. The smallest absolute Gasteiger partial charge is 0.340 e. The third kappa shape index (κ3) is 3.26. The van der Waals surface area contributed by atoms with Gasteiger partial charge in [-0.3, -0.25) is 4.79 Å². The number of rotatable bonds is 6. The van der Waals surface area contributed by atoms with E-state index in [1.807, 2.05) is 37.3 Å². The summed E-state index contributed by atoms with van der Waals surface area (Å²) < 4.78 is 1.48. The van der Waals surface area contributed by atoms with Crippen molar-refractivity contribution in [3.63, 3.8) is 0 Å². The molecule has 1 aliphatic heterocycles. The second kappa shape index (κ2) is 7.76. The van der Waals surface area contributed by atoms with Crippen LogP contribution in [0.4, 0.5) is 0 Å². The van der Waals surface area contributed by atoms with Crippen molar-refractivity contribution in [3.05, 3.63) is 75.1 Å². The van der Waals surface area contributed by atoms with Crippen molar-refractivity contribution in [1.29, 1.82) is 0 Å². The first-order valence-electron chi connectivity index (χ1n) is 10.2. The highest BCUT2D eigenvalue weighted by atomic mass is 16.4. The van der Waals surface area contributed by atoms with Gasteiger partial charge in [0, 0.05) is 22.1 Å². The Kier molecular flexibility index (Phi) is 5.24. The fourth-order valence-electron chi connectivity index (χ4n) is 4.17. The molecule has 0 saturated heterocycles. The number of fused-ring (bicyclic) bond motifs is 4. The van der Waals surface area contributed by atoms with Crippen LogP contribution < -0.4 is 5.56 Å². The molecule has 3 aromatic rings. The normalized spacial score (nSPS) is 14.6. The van der Waals surface area contributed by atoms with Gasteiger partial charge in [0.15, 0.2) is 5.60 Å². The van der Waals surface area contributed by atoms with Crippen LogP contribution >= 0.6 is 0 Å². The lowest BCUT2D eigenvalue weighted by molar-refractivity contribution is -0.160. The molecule has 0 fully saturated rings. The fourth-order valence-corrected chi connectivity index (χ4v) is 4.17. The summed E-state index contributed by atoms with van der Waals surface area (Å²) in [5, 5.41) is 31.2. The Bertz CT molecular complexity index is 1290. The number of carboxylic acid groups (broad SMARTS) is 1. The number of benzene rings is 1. The van der Waals surface area contributed by atoms with Crippen molar-refractivity contribution in [2.75, 3.05) is 0 Å². The molecule has 3 heterocycles. The van der Waals surface area contributed by atoms with Gasteiger partial charge in [0.05, 0.1) is 30.1 Å². The van der Waals surface area contributed by atoms with E-state index in [0.717, 1.165) is 28.5 Å². The summed E-state index contributed by atoms with van der Waals surface area (Å²) in [4.78, 5) is 29.7. The maximum absolute atomic E-state index is 13.1. The largest absolute Gasteiger partial charge is 0.479 e. The van der Waals surface area contributed by atoms with Crippen molar-refractivity contribution in [2.45, 2.75) is 45.4 Å². The summed E-state index contributed by atoms with van der Waals surface area (Å²) in [5.74, 6) is -1.47. The molecule has 2 aromatic heterocycles. The van der Waals surface area contributed by atoms with Gasteiger partial charge in [-0.2, -0.15) is 0 Å². The minimum absolute atomic E-state index is 0.0853. The number of carbonyl (C=O) groups is 1. The number of nitrogens with zero attached hydrogens (tertiary/aromatic N) is 2. The average Bonchev–Trinajstić information content (AvgIpc) is 3.13. The van der Waals surface area contributed by atoms with Crippen LogP contribution in [0.2, 0.25) is 0 Å². The molecule has 7 nitrogen and oxygen atoms in total. The third-order valence-electron chi connectivity index (χ3n) is 5.99. The molecule has 0 spiro atoms. The van der Waals surface area contributed by atoms with E-state index >= 15 is 0 Å². The molecule has 1 aromatic carbocycles. The molecule has 31 heavy (non-hydrogen) atoms. The number of hydrogen-bond acceptors (Lipinski definition) is 5. The molecule has 160 valence electrons. The zero-order chi connectivity index (χ0) is 22.3. The van der Waals surface area contributed by atoms with Gasteiger partial charge in [0.1, 0.15) is 0 Å². The van der Waals surface area contributed by atoms with E-state index < -0.39 is 23.7 Å². The van der Waals surface area contributed by atoms with Crippen molar-refractivity contribution in [2.24, 2.45) is 0 Å². The molecule has 3 N–H and O–H groups in total. The van der Waals surface area contributed by atoms with E-state index in [0.29, 0.717) is 11.4 Å². The summed E-state index contributed by atoms with van der Waals surface area (Å²) in [6.45, 7) is 3.10. The average molecular weight is 420 g/mol. The fraction of sp³-hybridized carbons (Fsp3) is 0.292. The number of pyridine rings is 2. The van der Waals surface area contributed by atoms with Crippen molar-refractivity contribution < 1.29 is 20.1 Å². The first-order chi connectivity index (χ1) is 14.8. The summed E-state index contributed by atoms with van der Waals surface area (Å²) in [6.07, 6.45) is 4.68. The number of hydrogen-bond donors (Lipinski definition) is 3. The lowest BCUT2D eigenvalue weighted by Gasteiger charge is -2.25. The predicted molar refractivity (Wildman–Crippen MR) is 117 cm³/mol. The Balaban J connectivity index is 1.95. The van der Waals surface area contributed by atoms with Gasteiger partial charge < -0.3 is 19.9 Å². The van der Waals surface area contributed by atoms with E-state index in [2.05, 4.69) is 6.08 Å². The van der Waals surface area contributed by atoms with Crippen LogP contribution in [0, 0.1) is 0 Å². The summed E-state index contributed by atoms with van der Waals surface area (Å²) in [7, 11) is 0. The van der Waals surface area contributed by atoms with Crippen LogP contribution in [0.5, 0.6) is 0 Å². The standard InChI is InChI=1S/C24H24N2O5/c1-3-5-6-14-7-8-15-10-16-12-26-20(21(16)25-19(15)9-14)11-18(17(13-27)22(26)28)24(31,4-2)23(29)30/h3,5,7-11,27,31H,4,6,12-13H2,1-2H3,(H,29,30)/b5-3-/t24-/m0/s1. The molecule has 0 saturated carbocycles. The Morgan fingerprint density at radius 3 is 2.71 bits per heavy atom. The number of aromatic nitrogens is 2. The van der Waals surface area contributed by atoms with Gasteiger partial charge in [-0.1, -0.05) is 31.2 Å². The second-order valence-electron chi connectivity index (χ2n) is 7.79. The lowest BCUT2D eigenvalue weighted by Crippen LogP contribution is -2.39. The van der Waals surface area contributed by atoms with Gasteiger partial charge in [-0.05, 0) is 43.5 Å². The predicted octanol–water partition coefficient (Wildman–Crippen LogP) is 2.72. The Hall–Kier alpha value is -3.29. The van der Waals surface area contributed by atoms with Crippen LogP contribution in [0.25, 0.3) is 22.3 Å². The van der Waals surface area contributed by atoms with E-state index in [1.165, 1.54) is 17.6 Å². The van der Waals surface area contributed by atoms with Crippen LogP contribution in [-0.2, 0) is 30.0 Å². The molecule has 0 unspecified atom stereocenters. The number of carboxylic acids is 1.